The minimum Gasteiger partial charge on any atom is -0.389 e. The molecule has 1 amide bonds. The molecule has 0 spiro atoms. The number of methoxy groups -OCH3 is 1. The maximum absolute atomic E-state index is 12.3. The third-order valence-electron chi connectivity index (χ3n) is 5.01. The zero-order valence-corrected chi connectivity index (χ0v) is 20.3. The molecule has 0 saturated heterocycles. The second-order valence-electron chi connectivity index (χ2n) is 7.69. The van der Waals surface area contributed by atoms with E-state index in [4.69, 9.17) is 14.3 Å². The molecule has 1 N–H and O–H groups in total. The van der Waals surface area contributed by atoms with Gasteiger partial charge >= 0.3 is 0 Å². The van der Waals surface area contributed by atoms with Crippen molar-refractivity contribution in [1.29, 1.82) is 0 Å². The first-order valence-corrected chi connectivity index (χ1v) is 11.4. The van der Waals surface area contributed by atoms with Crippen LogP contribution in [-0.4, -0.2) is 63.2 Å². The van der Waals surface area contributed by atoms with Gasteiger partial charge < -0.3 is 19.6 Å². The number of nitrogens with one attached hydrogen (secondary N) is 1. The Balaban J connectivity index is 1.56. The highest BCUT2D eigenvalue weighted by Gasteiger charge is 2.15. The Kier molecular flexibility index (Phi) is 10.3. The fourth-order valence-corrected chi connectivity index (χ4v) is 3.37. The molecule has 35 heavy (non-hydrogen) atoms. The number of aromatic nitrogens is 5. The summed E-state index contributed by atoms with van der Waals surface area (Å²) in [7, 11) is 3.37. The van der Waals surface area contributed by atoms with E-state index in [2.05, 4.69) is 31.0 Å². The third kappa shape index (κ3) is 8.23. The lowest BCUT2D eigenvalue weighted by molar-refractivity contribution is -0.116. The van der Waals surface area contributed by atoms with E-state index in [-0.39, 0.29) is 18.6 Å². The van der Waals surface area contributed by atoms with Crippen molar-refractivity contribution in [1.82, 2.24) is 25.2 Å². The molecule has 11 nitrogen and oxygen atoms in total. The first-order valence-electron chi connectivity index (χ1n) is 11.4. The fourth-order valence-electron chi connectivity index (χ4n) is 3.37. The van der Waals surface area contributed by atoms with Gasteiger partial charge in [0.25, 0.3) is 0 Å². The lowest BCUT2D eigenvalue weighted by atomic mass is 10.1. The second kappa shape index (κ2) is 13.9. The number of nitrogens with zero attached hydrogens (tertiary/aromatic N) is 6. The Labute approximate surface area is 204 Å². The van der Waals surface area contributed by atoms with Crippen LogP contribution < -0.4 is 5.32 Å². The van der Waals surface area contributed by atoms with Crippen LogP contribution in [0.4, 0.5) is 5.82 Å². The molecule has 3 aromatic rings. The van der Waals surface area contributed by atoms with Gasteiger partial charge in [-0.05, 0) is 42.3 Å². The number of oxime groups is 1. The van der Waals surface area contributed by atoms with Crippen LogP contribution >= 0.6 is 0 Å². The number of ether oxygens (including phenoxy) is 2. The Morgan fingerprint density at radius 2 is 2.00 bits per heavy atom. The monoisotopic (exact) mass is 481 g/mol. The summed E-state index contributed by atoms with van der Waals surface area (Å²) < 4.78 is 12.3. The largest absolute Gasteiger partial charge is 0.389 e. The summed E-state index contributed by atoms with van der Waals surface area (Å²) in [6, 6.07) is 14.9. The molecule has 0 aliphatic carbocycles. The van der Waals surface area contributed by atoms with E-state index >= 15 is 0 Å². The van der Waals surface area contributed by atoms with Gasteiger partial charge in [0.2, 0.25) is 11.7 Å². The molecule has 0 aliphatic rings. The van der Waals surface area contributed by atoms with Crippen LogP contribution in [0, 0.1) is 0 Å². The number of benzene rings is 1. The highest BCUT2D eigenvalue weighted by molar-refractivity contribution is 6.10. The lowest BCUT2D eigenvalue weighted by Crippen LogP contribution is -2.20. The predicted octanol–water partition coefficient (Wildman–Crippen LogP) is 2.73. The molecule has 0 aliphatic heterocycles. The number of rotatable bonds is 14. The van der Waals surface area contributed by atoms with Crippen molar-refractivity contribution in [2.75, 3.05) is 25.6 Å². The van der Waals surface area contributed by atoms with Gasteiger partial charge in [-0.3, -0.25) is 4.79 Å². The third-order valence-corrected chi connectivity index (χ3v) is 5.01. The van der Waals surface area contributed by atoms with Crippen molar-refractivity contribution in [3.8, 4) is 0 Å². The standard InChI is InChI=1S/C24H31N7O4/c1-4-34-20(17-33-3)13-9-15-22(32)26-21-14-8-12-19(25-21)16-35-28-23(18-10-6-5-7-11-18)24-27-29-30-31(24)2/h5-8,10-12,14,20H,4,9,13,15-17H2,1-3H3,(H,25,26,32). The molecule has 0 radical (unpaired) electrons. The molecular weight excluding hydrogens is 450 g/mol. The zero-order valence-electron chi connectivity index (χ0n) is 20.3. The lowest BCUT2D eigenvalue weighted by Gasteiger charge is -2.15. The average molecular weight is 482 g/mol. The first kappa shape index (κ1) is 25.9. The highest BCUT2D eigenvalue weighted by atomic mass is 16.6. The molecule has 0 fully saturated rings. The van der Waals surface area contributed by atoms with Crippen molar-refractivity contribution in [3.63, 3.8) is 0 Å². The first-order chi connectivity index (χ1) is 17.1. The van der Waals surface area contributed by atoms with Crippen LogP contribution in [0.3, 0.4) is 0 Å². The van der Waals surface area contributed by atoms with Crippen LogP contribution in [0.25, 0.3) is 0 Å². The molecule has 1 aromatic carbocycles. The van der Waals surface area contributed by atoms with E-state index in [1.54, 1.807) is 32.4 Å². The number of aryl methyl sites for hydroxylation is 1. The zero-order chi connectivity index (χ0) is 24.9. The quantitative estimate of drug-likeness (QED) is 0.275. The van der Waals surface area contributed by atoms with E-state index in [0.717, 1.165) is 12.0 Å². The molecule has 0 bridgehead atoms. The number of carbonyl (C=O) groups is 1. The van der Waals surface area contributed by atoms with Crippen molar-refractivity contribution in [2.24, 2.45) is 12.2 Å². The Morgan fingerprint density at radius 3 is 2.71 bits per heavy atom. The van der Waals surface area contributed by atoms with Crippen LogP contribution in [-0.2, 0) is 32.8 Å². The predicted molar refractivity (Wildman–Crippen MR) is 130 cm³/mol. The number of tetrazole rings is 1. The van der Waals surface area contributed by atoms with Gasteiger partial charge in [0.05, 0.1) is 18.4 Å². The van der Waals surface area contributed by atoms with Gasteiger partial charge in [0.1, 0.15) is 5.82 Å². The SMILES string of the molecule is CCOC(CCCC(=O)Nc1cccc(CON=C(c2ccccc2)c2nnnn2C)n1)COC. The minimum absolute atomic E-state index is 0.00457. The van der Waals surface area contributed by atoms with Gasteiger partial charge in [-0.25, -0.2) is 9.67 Å². The summed E-state index contributed by atoms with van der Waals surface area (Å²) in [4.78, 5) is 22.4. The van der Waals surface area contributed by atoms with Gasteiger partial charge in [-0.2, -0.15) is 0 Å². The Hall–Kier alpha value is -3.70. The number of hydrogen-bond donors (Lipinski definition) is 1. The molecule has 2 heterocycles. The maximum Gasteiger partial charge on any atom is 0.225 e. The molecule has 0 saturated carbocycles. The van der Waals surface area contributed by atoms with Gasteiger partial charge in [-0.15, -0.1) is 5.10 Å². The highest BCUT2D eigenvalue weighted by Crippen LogP contribution is 2.12. The van der Waals surface area contributed by atoms with Crippen LogP contribution in [0.2, 0.25) is 0 Å². The van der Waals surface area contributed by atoms with Crippen LogP contribution in [0.15, 0.2) is 53.7 Å². The van der Waals surface area contributed by atoms with E-state index in [0.29, 0.717) is 49.1 Å². The van der Waals surface area contributed by atoms with E-state index < -0.39 is 0 Å². The normalized spacial score (nSPS) is 12.4. The summed E-state index contributed by atoms with van der Waals surface area (Å²) in [6.45, 7) is 3.18. The van der Waals surface area contributed by atoms with Crippen molar-refractivity contribution in [2.45, 2.75) is 38.9 Å². The van der Waals surface area contributed by atoms with Gasteiger partial charge in [0.15, 0.2) is 12.3 Å². The van der Waals surface area contributed by atoms with Gasteiger partial charge in [-0.1, -0.05) is 41.6 Å². The topological polar surface area (TPSA) is 126 Å². The molecule has 11 heteroatoms. The second-order valence-corrected chi connectivity index (χ2v) is 7.69. The summed E-state index contributed by atoms with van der Waals surface area (Å²) >= 11 is 0. The number of carbonyl (C=O) groups excluding carboxylic acids is 1. The van der Waals surface area contributed by atoms with E-state index in [1.807, 2.05) is 37.3 Å². The molecule has 1 atom stereocenters. The summed E-state index contributed by atoms with van der Waals surface area (Å²) in [5.74, 6) is 0.823. The Morgan fingerprint density at radius 1 is 1.17 bits per heavy atom. The molecule has 2 aromatic heterocycles. The molecular formula is C24H31N7O4. The summed E-state index contributed by atoms with van der Waals surface area (Å²) in [5, 5.41) is 18.7. The minimum atomic E-state index is -0.109. The van der Waals surface area contributed by atoms with Gasteiger partial charge in [0, 0.05) is 32.7 Å². The fraction of sp³-hybridized carbons (Fsp3) is 0.417. The number of hydrogen-bond acceptors (Lipinski definition) is 9. The summed E-state index contributed by atoms with van der Waals surface area (Å²) in [5.41, 5.74) is 1.93. The van der Waals surface area contributed by atoms with E-state index in [9.17, 15) is 4.79 Å². The van der Waals surface area contributed by atoms with E-state index in [1.165, 1.54) is 4.68 Å². The number of pyridine rings is 1. The van der Waals surface area contributed by atoms with Crippen LogP contribution in [0.5, 0.6) is 0 Å². The summed E-state index contributed by atoms with van der Waals surface area (Å²) in [6.07, 6.45) is 1.80. The number of amides is 1. The number of anilines is 1. The average Bonchev–Trinajstić information content (AvgIpc) is 3.28. The molecule has 3 rings (SSSR count). The van der Waals surface area contributed by atoms with Crippen molar-refractivity contribution >= 4 is 17.4 Å². The molecule has 1 unspecified atom stereocenters. The van der Waals surface area contributed by atoms with Crippen molar-refractivity contribution in [3.05, 3.63) is 65.6 Å². The Bertz CT molecular complexity index is 1080. The van der Waals surface area contributed by atoms with Crippen LogP contribution in [0.1, 0.15) is 43.3 Å². The smallest absolute Gasteiger partial charge is 0.225 e. The maximum atomic E-state index is 12.3. The van der Waals surface area contributed by atoms with Crippen molar-refractivity contribution < 1.29 is 19.1 Å². The molecule has 186 valence electrons.